The van der Waals surface area contributed by atoms with Crippen LogP contribution in [0.25, 0.3) is 0 Å². The summed E-state index contributed by atoms with van der Waals surface area (Å²) in [5.74, 6) is -0.0871. The quantitative estimate of drug-likeness (QED) is 0.886. The summed E-state index contributed by atoms with van der Waals surface area (Å²) in [6.07, 6.45) is 0.0221. The van der Waals surface area contributed by atoms with Gasteiger partial charge in [0.25, 0.3) is 0 Å². The van der Waals surface area contributed by atoms with E-state index in [1.807, 2.05) is 0 Å². The molecule has 0 radical (unpaired) electrons. The van der Waals surface area contributed by atoms with Gasteiger partial charge in [0.1, 0.15) is 5.82 Å². The summed E-state index contributed by atoms with van der Waals surface area (Å²) >= 11 is 11.8. The second kappa shape index (κ2) is 6.17. The van der Waals surface area contributed by atoms with Crippen LogP contribution in [-0.4, -0.2) is 26.6 Å². The van der Waals surface area contributed by atoms with E-state index in [1.54, 1.807) is 29.8 Å². The molecule has 0 aliphatic carbocycles. The molecular weight excluding hydrogens is 341 g/mol. The zero-order chi connectivity index (χ0) is 16.6. The average molecular weight is 354 g/mol. The number of nitrogens with one attached hydrogen (secondary N) is 2. The molecule has 1 atom stereocenters. The standard InChI is InChI=1S/C14H13Cl2N5O2/c1-7-17-14-19-13(23)8(6-21(14)20-7)2-12(22)18-11-4-9(15)3-10(16)5-11/h3-5,8H,2,6H2,1H3,(H,18,22)(H,17,19,20,23)/t8-/m0/s1. The highest BCUT2D eigenvalue weighted by Gasteiger charge is 2.29. The number of rotatable bonds is 3. The third-order valence-corrected chi connectivity index (χ3v) is 3.79. The van der Waals surface area contributed by atoms with Gasteiger partial charge in [0.2, 0.25) is 17.8 Å². The Kier molecular flexibility index (Phi) is 4.23. The van der Waals surface area contributed by atoms with Gasteiger partial charge >= 0.3 is 0 Å². The fourth-order valence-electron chi connectivity index (χ4n) is 2.40. The van der Waals surface area contributed by atoms with Crippen LogP contribution >= 0.6 is 23.2 Å². The molecule has 23 heavy (non-hydrogen) atoms. The molecule has 1 aromatic carbocycles. The smallest absolute Gasteiger partial charge is 0.232 e. The highest BCUT2D eigenvalue weighted by molar-refractivity contribution is 6.35. The maximum atomic E-state index is 12.1. The third-order valence-electron chi connectivity index (χ3n) is 3.35. The Hall–Kier alpha value is -2.12. The molecule has 2 aromatic rings. The fraction of sp³-hybridized carbons (Fsp3) is 0.286. The Morgan fingerprint density at radius 2 is 2.09 bits per heavy atom. The lowest BCUT2D eigenvalue weighted by Crippen LogP contribution is -2.36. The van der Waals surface area contributed by atoms with E-state index in [1.165, 1.54) is 0 Å². The minimum atomic E-state index is -0.516. The van der Waals surface area contributed by atoms with Gasteiger partial charge in [-0.15, -0.1) is 0 Å². The number of carbonyl (C=O) groups excluding carboxylic acids is 2. The molecule has 1 aromatic heterocycles. The van der Waals surface area contributed by atoms with E-state index in [0.717, 1.165) is 0 Å². The van der Waals surface area contributed by atoms with Crippen molar-refractivity contribution in [1.29, 1.82) is 0 Å². The lowest BCUT2D eigenvalue weighted by molar-refractivity contribution is -0.125. The Morgan fingerprint density at radius 1 is 1.39 bits per heavy atom. The molecule has 0 unspecified atom stereocenters. The van der Waals surface area contributed by atoms with E-state index in [4.69, 9.17) is 23.2 Å². The average Bonchev–Trinajstić information content (AvgIpc) is 2.76. The zero-order valence-corrected chi connectivity index (χ0v) is 13.6. The predicted molar refractivity (Wildman–Crippen MR) is 86.6 cm³/mol. The van der Waals surface area contributed by atoms with Crippen LogP contribution < -0.4 is 10.6 Å². The maximum Gasteiger partial charge on any atom is 0.232 e. The van der Waals surface area contributed by atoms with E-state index in [-0.39, 0.29) is 18.2 Å². The number of amides is 2. The van der Waals surface area contributed by atoms with Crippen LogP contribution in [0.1, 0.15) is 12.2 Å². The van der Waals surface area contributed by atoms with Crippen LogP contribution in [0.2, 0.25) is 10.0 Å². The lowest BCUT2D eigenvalue weighted by Gasteiger charge is -2.21. The van der Waals surface area contributed by atoms with E-state index in [0.29, 0.717) is 34.1 Å². The van der Waals surface area contributed by atoms with Crippen molar-refractivity contribution in [3.63, 3.8) is 0 Å². The molecule has 7 nitrogen and oxygen atoms in total. The largest absolute Gasteiger partial charge is 0.326 e. The molecular formula is C14H13Cl2N5O2. The van der Waals surface area contributed by atoms with Crippen LogP contribution in [0.5, 0.6) is 0 Å². The van der Waals surface area contributed by atoms with Gasteiger partial charge in [0.05, 0.1) is 12.5 Å². The molecule has 1 aliphatic rings. The van der Waals surface area contributed by atoms with Gasteiger partial charge in [-0.2, -0.15) is 10.1 Å². The van der Waals surface area contributed by atoms with Gasteiger partial charge in [-0.3, -0.25) is 14.9 Å². The number of hydrogen-bond acceptors (Lipinski definition) is 4. The summed E-state index contributed by atoms with van der Waals surface area (Å²) < 4.78 is 1.59. The van der Waals surface area contributed by atoms with E-state index in [9.17, 15) is 9.59 Å². The molecule has 0 bridgehead atoms. The topological polar surface area (TPSA) is 88.9 Å². The van der Waals surface area contributed by atoms with Crippen molar-refractivity contribution < 1.29 is 9.59 Å². The van der Waals surface area contributed by atoms with Crippen LogP contribution in [0.15, 0.2) is 18.2 Å². The summed E-state index contributed by atoms with van der Waals surface area (Å²) in [5.41, 5.74) is 0.487. The SMILES string of the molecule is Cc1nc2n(n1)C[C@H](CC(=O)Nc1cc(Cl)cc(Cl)c1)C(=O)N2. The minimum absolute atomic E-state index is 0.0221. The van der Waals surface area contributed by atoms with Gasteiger partial charge in [-0.1, -0.05) is 23.2 Å². The van der Waals surface area contributed by atoms with Gasteiger partial charge in [-0.05, 0) is 25.1 Å². The van der Waals surface area contributed by atoms with Crippen molar-refractivity contribution in [2.75, 3.05) is 10.6 Å². The number of nitrogens with zero attached hydrogens (tertiary/aromatic N) is 3. The molecule has 1 aliphatic heterocycles. The van der Waals surface area contributed by atoms with Crippen LogP contribution in [-0.2, 0) is 16.1 Å². The Bertz CT molecular complexity index is 769. The molecule has 3 rings (SSSR count). The van der Waals surface area contributed by atoms with Crippen molar-refractivity contribution >= 4 is 46.7 Å². The van der Waals surface area contributed by atoms with Gasteiger partial charge in [-0.25, -0.2) is 4.68 Å². The van der Waals surface area contributed by atoms with Crippen LogP contribution in [0.3, 0.4) is 0 Å². The second-order valence-corrected chi connectivity index (χ2v) is 6.13. The van der Waals surface area contributed by atoms with Gasteiger partial charge in [0, 0.05) is 22.2 Å². The normalized spacial score (nSPS) is 16.7. The first-order chi connectivity index (χ1) is 10.9. The molecule has 120 valence electrons. The fourth-order valence-corrected chi connectivity index (χ4v) is 2.92. The minimum Gasteiger partial charge on any atom is -0.326 e. The van der Waals surface area contributed by atoms with E-state index < -0.39 is 5.92 Å². The van der Waals surface area contributed by atoms with Crippen molar-refractivity contribution in [2.45, 2.75) is 19.9 Å². The van der Waals surface area contributed by atoms with Crippen LogP contribution in [0, 0.1) is 12.8 Å². The molecule has 0 spiro atoms. The first kappa shape index (κ1) is 15.8. The Labute approximate surface area is 142 Å². The maximum absolute atomic E-state index is 12.1. The molecule has 9 heteroatoms. The van der Waals surface area contributed by atoms with Gasteiger partial charge in [0.15, 0.2) is 0 Å². The summed E-state index contributed by atoms with van der Waals surface area (Å²) in [6.45, 7) is 2.05. The summed E-state index contributed by atoms with van der Waals surface area (Å²) in [4.78, 5) is 28.3. The summed E-state index contributed by atoms with van der Waals surface area (Å²) in [7, 11) is 0. The van der Waals surface area contributed by atoms with Crippen molar-refractivity contribution in [2.24, 2.45) is 5.92 Å². The van der Waals surface area contributed by atoms with Crippen molar-refractivity contribution in [3.8, 4) is 0 Å². The third kappa shape index (κ3) is 3.62. The Balaban J connectivity index is 1.67. The van der Waals surface area contributed by atoms with Crippen LogP contribution in [0.4, 0.5) is 11.6 Å². The number of benzene rings is 1. The lowest BCUT2D eigenvalue weighted by atomic mass is 10.0. The summed E-state index contributed by atoms with van der Waals surface area (Å²) in [5, 5.41) is 10.4. The monoisotopic (exact) mass is 353 g/mol. The second-order valence-electron chi connectivity index (χ2n) is 5.26. The number of halogens is 2. The number of anilines is 2. The number of hydrogen-bond donors (Lipinski definition) is 2. The Morgan fingerprint density at radius 3 is 2.78 bits per heavy atom. The molecule has 0 fully saturated rings. The molecule has 2 heterocycles. The highest BCUT2D eigenvalue weighted by Crippen LogP contribution is 2.24. The molecule has 2 amide bonds. The first-order valence-corrected chi connectivity index (χ1v) is 7.64. The van der Waals surface area contributed by atoms with Gasteiger partial charge < -0.3 is 5.32 Å². The predicted octanol–water partition coefficient (Wildman–Crippen LogP) is 2.49. The van der Waals surface area contributed by atoms with E-state index in [2.05, 4.69) is 20.7 Å². The number of carbonyl (C=O) groups is 2. The zero-order valence-electron chi connectivity index (χ0n) is 12.1. The molecule has 2 N–H and O–H groups in total. The number of aryl methyl sites for hydroxylation is 1. The summed E-state index contributed by atoms with van der Waals surface area (Å²) in [6, 6.07) is 4.75. The highest BCUT2D eigenvalue weighted by atomic mass is 35.5. The molecule has 0 saturated heterocycles. The molecule has 0 saturated carbocycles. The van der Waals surface area contributed by atoms with Crippen molar-refractivity contribution in [1.82, 2.24) is 14.8 Å². The van der Waals surface area contributed by atoms with E-state index >= 15 is 0 Å². The number of fused-ring (bicyclic) bond motifs is 1. The van der Waals surface area contributed by atoms with Crippen molar-refractivity contribution in [3.05, 3.63) is 34.1 Å². The number of aromatic nitrogens is 3. The first-order valence-electron chi connectivity index (χ1n) is 6.89.